The van der Waals surface area contributed by atoms with E-state index in [1.54, 1.807) is 25.1 Å². The number of benzene rings is 1. The average molecular weight is 270 g/mol. The fourth-order valence-electron chi connectivity index (χ4n) is 1.97. The van der Waals surface area contributed by atoms with Crippen molar-refractivity contribution in [2.24, 2.45) is 5.73 Å². The second-order valence-corrected chi connectivity index (χ2v) is 4.32. The van der Waals surface area contributed by atoms with Gasteiger partial charge < -0.3 is 10.8 Å². The number of nitrogens with two attached hydrogens (primary N) is 1. The van der Waals surface area contributed by atoms with E-state index in [0.29, 0.717) is 10.9 Å². The zero-order chi connectivity index (χ0) is 14.2. The number of halogens is 3. The lowest BCUT2D eigenvalue weighted by molar-refractivity contribution is -0.141. The van der Waals surface area contributed by atoms with Crippen molar-refractivity contribution in [2.45, 2.75) is 19.2 Å². The Labute approximate surface area is 107 Å². The van der Waals surface area contributed by atoms with Gasteiger partial charge >= 0.3 is 6.18 Å². The maximum atomic E-state index is 12.8. The van der Waals surface area contributed by atoms with Crippen molar-refractivity contribution >= 4 is 10.9 Å². The second-order valence-electron chi connectivity index (χ2n) is 4.32. The van der Waals surface area contributed by atoms with Gasteiger partial charge in [-0.3, -0.25) is 0 Å². The van der Waals surface area contributed by atoms with Crippen LogP contribution in [0.3, 0.4) is 0 Å². The minimum absolute atomic E-state index is 0.148. The van der Waals surface area contributed by atoms with Crippen LogP contribution in [0.4, 0.5) is 13.2 Å². The molecule has 1 unspecified atom stereocenters. The van der Waals surface area contributed by atoms with E-state index >= 15 is 0 Å². The van der Waals surface area contributed by atoms with Crippen molar-refractivity contribution in [3.8, 4) is 0 Å². The molecule has 2 rings (SSSR count). The Morgan fingerprint density at radius 1 is 1.37 bits per heavy atom. The first-order valence-electron chi connectivity index (χ1n) is 5.70. The maximum absolute atomic E-state index is 12.8. The fourth-order valence-corrected chi connectivity index (χ4v) is 1.97. The summed E-state index contributed by atoms with van der Waals surface area (Å²) in [6.07, 6.45) is -5.70. The van der Waals surface area contributed by atoms with Gasteiger partial charge in [-0.25, -0.2) is 4.98 Å². The van der Waals surface area contributed by atoms with Crippen LogP contribution in [0.25, 0.3) is 10.9 Å². The predicted molar refractivity (Wildman–Crippen MR) is 65.5 cm³/mol. The molecule has 0 bridgehead atoms. The second kappa shape index (κ2) is 4.79. The molecule has 0 aliphatic carbocycles. The highest BCUT2D eigenvalue weighted by Crippen LogP contribution is 2.33. The van der Waals surface area contributed by atoms with E-state index in [1.165, 1.54) is 0 Å². The van der Waals surface area contributed by atoms with Gasteiger partial charge in [-0.1, -0.05) is 18.2 Å². The summed E-state index contributed by atoms with van der Waals surface area (Å²) < 4.78 is 38.5. The lowest BCUT2D eigenvalue weighted by Crippen LogP contribution is -2.15. The molecule has 3 nitrogen and oxygen atoms in total. The van der Waals surface area contributed by atoms with Gasteiger partial charge in [0.05, 0.1) is 11.6 Å². The van der Waals surface area contributed by atoms with Gasteiger partial charge in [0.15, 0.2) is 0 Å². The van der Waals surface area contributed by atoms with Gasteiger partial charge in [-0.2, -0.15) is 13.2 Å². The Hall–Kier alpha value is -1.66. The number of aryl methyl sites for hydroxylation is 1. The SMILES string of the molecule is Cc1cccc2c(C(O)CN)cc(C(F)(F)F)nc12. The van der Waals surface area contributed by atoms with Crippen LogP contribution in [0, 0.1) is 6.92 Å². The third kappa shape index (κ3) is 2.54. The summed E-state index contributed by atoms with van der Waals surface area (Å²) in [5.74, 6) is 0. The minimum Gasteiger partial charge on any atom is -0.387 e. The molecular weight excluding hydrogens is 257 g/mol. The van der Waals surface area contributed by atoms with Crippen LogP contribution in [0.1, 0.15) is 22.9 Å². The van der Waals surface area contributed by atoms with Crippen molar-refractivity contribution in [3.05, 3.63) is 41.1 Å². The van der Waals surface area contributed by atoms with E-state index in [9.17, 15) is 18.3 Å². The number of hydrogen-bond donors (Lipinski definition) is 2. The molecule has 0 aliphatic rings. The topological polar surface area (TPSA) is 59.1 Å². The monoisotopic (exact) mass is 270 g/mol. The van der Waals surface area contributed by atoms with Crippen molar-refractivity contribution in [2.75, 3.05) is 6.54 Å². The molecule has 0 radical (unpaired) electrons. The number of rotatable bonds is 2. The first-order chi connectivity index (χ1) is 8.84. The highest BCUT2D eigenvalue weighted by Gasteiger charge is 2.34. The average Bonchev–Trinajstić information content (AvgIpc) is 2.36. The van der Waals surface area contributed by atoms with Gasteiger partial charge in [0.2, 0.25) is 0 Å². The molecule has 0 spiro atoms. The molecule has 3 N–H and O–H groups in total. The zero-order valence-electron chi connectivity index (χ0n) is 10.2. The molecule has 1 aromatic heterocycles. The summed E-state index contributed by atoms with van der Waals surface area (Å²) in [4.78, 5) is 3.65. The molecule has 0 saturated heterocycles. The normalized spacial score (nSPS) is 13.8. The van der Waals surface area contributed by atoms with Crippen molar-refractivity contribution < 1.29 is 18.3 Å². The van der Waals surface area contributed by atoms with Crippen LogP contribution >= 0.6 is 0 Å². The van der Waals surface area contributed by atoms with E-state index < -0.39 is 18.0 Å². The lowest BCUT2D eigenvalue weighted by atomic mass is 10.0. The first kappa shape index (κ1) is 13.8. The quantitative estimate of drug-likeness (QED) is 0.881. The Morgan fingerprint density at radius 2 is 2.05 bits per heavy atom. The number of hydrogen-bond acceptors (Lipinski definition) is 3. The van der Waals surface area contributed by atoms with Crippen molar-refractivity contribution in [1.82, 2.24) is 4.98 Å². The molecule has 1 aromatic carbocycles. The van der Waals surface area contributed by atoms with E-state index in [4.69, 9.17) is 5.73 Å². The smallest absolute Gasteiger partial charge is 0.387 e. The molecule has 0 aliphatic heterocycles. The summed E-state index contributed by atoms with van der Waals surface area (Å²) in [6, 6.07) is 5.87. The number of aromatic nitrogens is 1. The number of pyridine rings is 1. The summed E-state index contributed by atoms with van der Waals surface area (Å²) in [7, 11) is 0. The van der Waals surface area contributed by atoms with Crippen molar-refractivity contribution in [3.63, 3.8) is 0 Å². The van der Waals surface area contributed by atoms with Crippen LogP contribution in [-0.4, -0.2) is 16.6 Å². The van der Waals surface area contributed by atoms with Gasteiger partial charge in [0, 0.05) is 11.9 Å². The van der Waals surface area contributed by atoms with Crippen LogP contribution in [0.5, 0.6) is 0 Å². The Morgan fingerprint density at radius 3 is 2.63 bits per heavy atom. The molecule has 0 saturated carbocycles. The number of aliphatic hydroxyl groups excluding tert-OH is 1. The highest BCUT2D eigenvalue weighted by molar-refractivity contribution is 5.85. The largest absolute Gasteiger partial charge is 0.433 e. The van der Waals surface area contributed by atoms with Crippen LogP contribution in [0.2, 0.25) is 0 Å². The molecule has 1 atom stereocenters. The molecule has 6 heteroatoms. The third-order valence-electron chi connectivity index (χ3n) is 2.95. The highest BCUT2D eigenvalue weighted by atomic mass is 19.4. The maximum Gasteiger partial charge on any atom is 0.433 e. The predicted octanol–water partition coefficient (Wildman–Crippen LogP) is 2.55. The standard InChI is InChI=1S/C13H13F3N2O/c1-7-3-2-4-8-9(10(19)6-17)5-11(13(14,15)16)18-12(7)8/h2-5,10,19H,6,17H2,1H3. The van der Waals surface area contributed by atoms with Crippen LogP contribution in [0.15, 0.2) is 24.3 Å². The van der Waals surface area contributed by atoms with Gasteiger partial charge in [-0.05, 0) is 24.1 Å². The number of alkyl halides is 3. The van der Waals surface area contributed by atoms with E-state index in [0.717, 1.165) is 6.07 Å². The van der Waals surface area contributed by atoms with E-state index in [-0.39, 0.29) is 17.6 Å². The Balaban J connectivity index is 2.81. The van der Waals surface area contributed by atoms with Gasteiger partial charge in [0.25, 0.3) is 0 Å². The number of para-hydroxylation sites is 1. The molecule has 2 aromatic rings. The Bertz CT molecular complexity index is 611. The molecular formula is C13H13F3N2O. The molecule has 1 heterocycles. The van der Waals surface area contributed by atoms with Crippen LogP contribution in [-0.2, 0) is 6.18 Å². The first-order valence-corrected chi connectivity index (χ1v) is 5.70. The summed E-state index contributed by atoms with van der Waals surface area (Å²) in [6.45, 7) is 1.53. The molecule has 0 fully saturated rings. The van der Waals surface area contributed by atoms with E-state index in [2.05, 4.69) is 4.98 Å². The minimum atomic E-state index is -4.56. The van der Waals surface area contributed by atoms with Crippen molar-refractivity contribution in [1.29, 1.82) is 0 Å². The summed E-state index contributed by atoms with van der Waals surface area (Å²) in [5, 5.41) is 10.3. The summed E-state index contributed by atoms with van der Waals surface area (Å²) >= 11 is 0. The van der Waals surface area contributed by atoms with Gasteiger partial charge in [0.1, 0.15) is 5.69 Å². The lowest BCUT2D eigenvalue weighted by Gasteiger charge is -2.15. The number of aliphatic hydroxyl groups is 1. The number of nitrogens with zero attached hydrogens (tertiary/aromatic N) is 1. The molecule has 0 amide bonds. The summed E-state index contributed by atoms with van der Waals surface area (Å²) in [5.41, 5.74) is 5.34. The van der Waals surface area contributed by atoms with Gasteiger partial charge in [-0.15, -0.1) is 0 Å². The fraction of sp³-hybridized carbons (Fsp3) is 0.308. The third-order valence-corrected chi connectivity index (χ3v) is 2.95. The molecule has 102 valence electrons. The van der Waals surface area contributed by atoms with Crippen LogP contribution < -0.4 is 5.73 Å². The zero-order valence-corrected chi connectivity index (χ0v) is 10.2. The molecule has 19 heavy (non-hydrogen) atoms. The van der Waals surface area contributed by atoms with E-state index in [1.807, 2.05) is 0 Å². The Kier molecular flexibility index (Phi) is 3.47. The number of fused-ring (bicyclic) bond motifs is 1.